The number of nitrogens with zero attached hydrogens (tertiary/aromatic N) is 2. The van der Waals surface area contributed by atoms with Crippen molar-refractivity contribution in [3.8, 4) is 6.07 Å². The van der Waals surface area contributed by atoms with E-state index in [1.165, 1.54) is 12.1 Å². The first-order valence-corrected chi connectivity index (χ1v) is 8.67. The summed E-state index contributed by atoms with van der Waals surface area (Å²) in [5.41, 5.74) is 0.341. The molecule has 5 nitrogen and oxygen atoms in total. The van der Waals surface area contributed by atoms with Crippen LogP contribution in [0.1, 0.15) is 18.4 Å². The summed E-state index contributed by atoms with van der Waals surface area (Å²) in [7, 11) is -1.59. The Morgan fingerprint density at radius 1 is 1.48 bits per heavy atom. The summed E-state index contributed by atoms with van der Waals surface area (Å²) in [6.45, 7) is 0.862. The van der Waals surface area contributed by atoms with E-state index in [0.717, 1.165) is 12.8 Å². The van der Waals surface area contributed by atoms with Crippen molar-refractivity contribution in [2.24, 2.45) is 5.92 Å². The molecule has 0 amide bonds. The molecule has 0 aliphatic heterocycles. The topological polar surface area (TPSA) is 81.4 Å². The van der Waals surface area contributed by atoms with Crippen LogP contribution in [-0.4, -0.2) is 50.4 Å². The maximum absolute atomic E-state index is 12.2. The molecule has 1 atom stereocenters. The second-order valence-corrected chi connectivity index (χ2v) is 7.73. The molecule has 1 aliphatic rings. The lowest BCUT2D eigenvalue weighted by Gasteiger charge is -2.20. The molecule has 2 rings (SSSR count). The van der Waals surface area contributed by atoms with Crippen LogP contribution in [0, 0.1) is 17.2 Å². The molecule has 1 aromatic carbocycles. The first kappa shape index (κ1) is 16.0. The van der Waals surface area contributed by atoms with E-state index in [1.54, 1.807) is 12.1 Å². The Kier molecular flexibility index (Phi) is 4.99. The minimum Gasteiger partial charge on any atom is -0.392 e. The maximum atomic E-state index is 12.2. The molecular formula is C15H20N2O3S. The van der Waals surface area contributed by atoms with Gasteiger partial charge in [-0.3, -0.25) is 0 Å². The number of hydrogen-bond donors (Lipinski definition) is 1. The van der Waals surface area contributed by atoms with Gasteiger partial charge in [-0.25, -0.2) is 8.42 Å². The van der Waals surface area contributed by atoms with Crippen LogP contribution in [0.2, 0.25) is 0 Å². The van der Waals surface area contributed by atoms with Crippen molar-refractivity contribution in [3.63, 3.8) is 0 Å². The van der Waals surface area contributed by atoms with E-state index >= 15 is 0 Å². The Morgan fingerprint density at radius 3 is 2.81 bits per heavy atom. The van der Waals surface area contributed by atoms with Gasteiger partial charge in [0.2, 0.25) is 0 Å². The highest BCUT2D eigenvalue weighted by Gasteiger charge is 2.30. The van der Waals surface area contributed by atoms with Gasteiger partial charge < -0.3 is 10.0 Å². The normalized spacial score (nSPS) is 16.7. The lowest BCUT2D eigenvalue weighted by Crippen LogP contribution is -2.33. The van der Waals surface area contributed by atoms with Crippen LogP contribution in [0.25, 0.3) is 0 Å². The third kappa shape index (κ3) is 4.53. The van der Waals surface area contributed by atoms with E-state index in [1.807, 2.05) is 18.0 Å². The zero-order valence-electron chi connectivity index (χ0n) is 12.1. The summed E-state index contributed by atoms with van der Waals surface area (Å²) in [5.74, 6) is 0.367. The van der Waals surface area contributed by atoms with E-state index in [4.69, 9.17) is 5.26 Å². The molecule has 6 heteroatoms. The van der Waals surface area contributed by atoms with Crippen LogP contribution < -0.4 is 0 Å². The zero-order valence-corrected chi connectivity index (χ0v) is 12.9. The van der Waals surface area contributed by atoms with Crippen LogP contribution in [0.4, 0.5) is 0 Å². The molecule has 1 saturated carbocycles. The minimum atomic E-state index is -3.40. The summed E-state index contributed by atoms with van der Waals surface area (Å²) in [5, 5.41) is 18.7. The first-order chi connectivity index (χ1) is 9.92. The van der Waals surface area contributed by atoms with Crippen LogP contribution in [-0.2, 0) is 9.84 Å². The number of nitriles is 1. The lowest BCUT2D eigenvalue weighted by atomic mass is 10.2. The number of hydrogen-bond acceptors (Lipinski definition) is 5. The second kappa shape index (κ2) is 6.56. The number of rotatable bonds is 7. The monoisotopic (exact) mass is 308 g/mol. The fraction of sp³-hybridized carbons (Fsp3) is 0.533. The highest BCUT2D eigenvalue weighted by atomic mass is 32.2. The highest BCUT2D eigenvalue weighted by molar-refractivity contribution is 7.91. The molecule has 0 heterocycles. The Morgan fingerprint density at radius 2 is 2.19 bits per heavy atom. The average molecular weight is 308 g/mol. The molecule has 0 bridgehead atoms. The number of sulfone groups is 1. The maximum Gasteiger partial charge on any atom is 0.179 e. The van der Waals surface area contributed by atoms with Crippen LogP contribution in [0.3, 0.4) is 0 Å². The lowest BCUT2D eigenvalue weighted by molar-refractivity contribution is 0.109. The Hall–Kier alpha value is -1.42. The van der Waals surface area contributed by atoms with Crippen LogP contribution in [0.15, 0.2) is 29.2 Å². The molecule has 0 saturated heterocycles. The third-order valence-electron chi connectivity index (χ3n) is 3.73. The van der Waals surface area contributed by atoms with Gasteiger partial charge in [-0.1, -0.05) is 6.07 Å². The molecule has 1 unspecified atom stereocenters. The predicted octanol–water partition coefficient (Wildman–Crippen LogP) is 1.03. The van der Waals surface area contributed by atoms with Crippen LogP contribution in [0.5, 0.6) is 0 Å². The van der Waals surface area contributed by atoms with Gasteiger partial charge in [-0.2, -0.15) is 5.26 Å². The van der Waals surface area contributed by atoms with Gasteiger partial charge in [-0.05, 0) is 44.0 Å². The van der Waals surface area contributed by atoms with Gasteiger partial charge in [0, 0.05) is 13.1 Å². The van der Waals surface area contributed by atoms with E-state index in [2.05, 4.69) is 0 Å². The molecule has 1 aromatic rings. The summed E-state index contributed by atoms with van der Waals surface area (Å²) < 4.78 is 24.5. The van der Waals surface area contributed by atoms with Crippen molar-refractivity contribution in [2.45, 2.75) is 23.8 Å². The van der Waals surface area contributed by atoms with E-state index < -0.39 is 9.84 Å². The van der Waals surface area contributed by atoms with E-state index in [-0.39, 0.29) is 16.8 Å². The number of aliphatic hydroxyl groups is 1. The summed E-state index contributed by atoms with van der Waals surface area (Å²) in [6, 6.07) is 8.00. The third-order valence-corrected chi connectivity index (χ3v) is 5.42. The Balaban J connectivity index is 1.92. The fourth-order valence-electron chi connectivity index (χ4n) is 2.19. The molecule has 0 spiro atoms. The van der Waals surface area contributed by atoms with Crippen LogP contribution >= 0.6 is 0 Å². The van der Waals surface area contributed by atoms with Crippen molar-refractivity contribution < 1.29 is 13.5 Å². The first-order valence-electron chi connectivity index (χ1n) is 7.02. The van der Waals surface area contributed by atoms with Gasteiger partial charge in [-0.15, -0.1) is 0 Å². The molecule has 114 valence electrons. The van der Waals surface area contributed by atoms with E-state index in [9.17, 15) is 13.5 Å². The van der Waals surface area contributed by atoms with Gasteiger partial charge in [0.05, 0.1) is 28.4 Å². The smallest absolute Gasteiger partial charge is 0.179 e. The van der Waals surface area contributed by atoms with Gasteiger partial charge in [0.15, 0.2) is 9.84 Å². The van der Waals surface area contributed by atoms with E-state index in [0.29, 0.717) is 24.6 Å². The Bertz CT molecular complexity index is 633. The second-order valence-electron chi connectivity index (χ2n) is 5.63. The SMILES string of the molecule is CN(CCS(=O)(=O)c1cccc(C#N)c1)CC(O)C1CC1. The molecule has 0 radical (unpaired) electrons. The Labute approximate surface area is 125 Å². The molecule has 1 aliphatic carbocycles. The predicted molar refractivity (Wildman–Crippen MR) is 79.4 cm³/mol. The van der Waals surface area contributed by atoms with Crippen molar-refractivity contribution >= 4 is 9.84 Å². The largest absolute Gasteiger partial charge is 0.392 e. The van der Waals surface area contributed by atoms with Crippen molar-refractivity contribution in [3.05, 3.63) is 29.8 Å². The highest BCUT2D eigenvalue weighted by Crippen LogP contribution is 2.32. The average Bonchev–Trinajstić information content (AvgIpc) is 3.30. The standard InChI is InChI=1S/C15H20N2O3S/c1-17(11-15(18)13-5-6-13)7-8-21(19,20)14-4-2-3-12(9-14)10-16/h2-4,9,13,15,18H,5-8,11H2,1H3. The number of likely N-dealkylation sites (N-methyl/N-ethyl adjacent to an activating group) is 1. The quantitative estimate of drug-likeness (QED) is 0.814. The van der Waals surface area contributed by atoms with Gasteiger partial charge in [0.25, 0.3) is 0 Å². The number of benzene rings is 1. The van der Waals surface area contributed by atoms with Gasteiger partial charge in [0.1, 0.15) is 0 Å². The zero-order chi connectivity index (χ0) is 15.5. The van der Waals surface area contributed by atoms with Gasteiger partial charge >= 0.3 is 0 Å². The summed E-state index contributed by atoms with van der Waals surface area (Å²) >= 11 is 0. The summed E-state index contributed by atoms with van der Waals surface area (Å²) in [4.78, 5) is 2.02. The fourth-order valence-corrected chi connectivity index (χ4v) is 3.57. The molecule has 21 heavy (non-hydrogen) atoms. The molecular weight excluding hydrogens is 288 g/mol. The molecule has 1 fully saturated rings. The summed E-state index contributed by atoms with van der Waals surface area (Å²) in [6.07, 6.45) is 1.77. The van der Waals surface area contributed by atoms with Crippen molar-refractivity contribution in [1.29, 1.82) is 5.26 Å². The molecule has 1 N–H and O–H groups in total. The van der Waals surface area contributed by atoms with Crippen molar-refractivity contribution in [2.75, 3.05) is 25.9 Å². The molecule has 0 aromatic heterocycles. The number of aliphatic hydroxyl groups excluding tert-OH is 1. The minimum absolute atomic E-state index is 0.0181. The van der Waals surface area contributed by atoms with Crippen molar-refractivity contribution in [1.82, 2.24) is 4.90 Å².